The van der Waals surface area contributed by atoms with Crippen molar-refractivity contribution in [2.75, 3.05) is 0 Å². The number of nitrogens with zero attached hydrogens (tertiary/aromatic N) is 2. The summed E-state index contributed by atoms with van der Waals surface area (Å²) >= 11 is 5.88. The minimum atomic E-state index is -0.458. The van der Waals surface area contributed by atoms with Gasteiger partial charge >= 0.3 is 0 Å². The third-order valence-corrected chi connectivity index (χ3v) is 4.14. The van der Waals surface area contributed by atoms with Crippen LogP contribution in [0, 0.1) is 0 Å². The molecule has 1 heterocycles. The van der Waals surface area contributed by atoms with Gasteiger partial charge in [0.1, 0.15) is 18.4 Å². The van der Waals surface area contributed by atoms with E-state index in [2.05, 4.69) is 20.8 Å². The van der Waals surface area contributed by atoms with Crippen molar-refractivity contribution in [1.82, 2.24) is 10.7 Å². The Labute approximate surface area is 163 Å². The topological polar surface area (TPSA) is 75.1 Å². The lowest BCUT2D eigenvalue weighted by Gasteiger charge is -2.08. The van der Waals surface area contributed by atoms with Crippen molar-refractivity contribution < 1.29 is 9.53 Å². The van der Waals surface area contributed by atoms with Gasteiger partial charge in [-0.3, -0.25) is 10.1 Å². The van der Waals surface area contributed by atoms with Crippen LogP contribution in [0.4, 0.5) is 0 Å². The number of aliphatic imine (C=N–C) groups is 1. The Morgan fingerprint density at radius 2 is 1.81 bits per heavy atom. The summed E-state index contributed by atoms with van der Waals surface area (Å²) in [4.78, 5) is 16.4. The van der Waals surface area contributed by atoms with E-state index in [-0.39, 0.29) is 5.91 Å². The molecule has 0 saturated carbocycles. The second-order valence-corrected chi connectivity index (χ2v) is 6.85. The van der Waals surface area contributed by atoms with Crippen LogP contribution in [0.15, 0.2) is 58.6 Å². The third kappa shape index (κ3) is 5.56. The maximum atomic E-state index is 12.0. The molecule has 1 aliphatic heterocycles. The zero-order chi connectivity index (χ0) is 19.2. The molecule has 0 bridgehead atoms. The normalized spacial score (nSPS) is 15.7. The fourth-order valence-electron chi connectivity index (χ4n) is 2.50. The molecule has 27 heavy (non-hydrogen) atoms. The van der Waals surface area contributed by atoms with Crippen LogP contribution in [0.3, 0.4) is 0 Å². The lowest BCUT2D eigenvalue weighted by atomic mass is 10.1. The average molecular weight is 385 g/mol. The molecule has 0 saturated heterocycles. The summed E-state index contributed by atoms with van der Waals surface area (Å²) in [6.07, 6.45) is 0.517. The van der Waals surface area contributed by atoms with Gasteiger partial charge in [-0.15, -0.1) is 0 Å². The van der Waals surface area contributed by atoms with Crippen molar-refractivity contribution in [3.63, 3.8) is 0 Å². The van der Waals surface area contributed by atoms with E-state index in [1.807, 2.05) is 62.4 Å². The Morgan fingerprint density at radius 3 is 2.48 bits per heavy atom. The number of guanidine groups is 1. The molecule has 0 aromatic heterocycles. The molecule has 0 spiro atoms. The molecule has 140 valence electrons. The minimum Gasteiger partial charge on any atom is -0.489 e. The number of hydrogen-bond acceptors (Lipinski definition) is 5. The van der Waals surface area contributed by atoms with Crippen molar-refractivity contribution in [1.29, 1.82) is 0 Å². The lowest BCUT2D eigenvalue weighted by molar-refractivity contribution is -0.120. The average Bonchev–Trinajstić information content (AvgIpc) is 3.00. The van der Waals surface area contributed by atoms with Crippen molar-refractivity contribution >= 4 is 29.2 Å². The summed E-state index contributed by atoms with van der Waals surface area (Å²) in [6, 6.07) is 14.8. The zero-order valence-electron chi connectivity index (χ0n) is 15.2. The Morgan fingerprint density at radius 1 is 1.15 bits per heavy atom. The monoisotopic (exact) mass is 384 g/mol. The summed E-state index contributed by atoms with van der Waals surface area (Å²) in [6.45, 7) is 4.19. The molecule has 7 heteroatoms. The fourth-order valence-corrected chi connectivity index (χ4v) is 2.62. The summed E-state index contributed by atoms with van der Waals surface area (Å²) in [5.74, 6) is 1.02. The fraction of sp³-hybridized carbons (Fsp3) is 0.250. The second-order valence-electron chi connectivity index (χ2n) is 6.42. The number of hydrogen-bond donors (Lipinski definition) is 2. The van der Waals surface area contributed by atoms with Crippen LogP contribution in [0.5, 0.6) is 5.75 Å². The second kappa shape index (κ2) is 8.68. The molecule has 2 aromatic rings. The minimum absolute atomic E-state index is 0.135. The van der Waals surface area contributed by atoms with Gasteiger partial charge in [-0.05, 0) is 49.2 Å². The molecule has 2 N–H and O–H groups in total. The molecular weight excluding hydrogens is 364 g/mol. The van der Waals surface area contributed by atoms with Crippen molar-refractivity contribution in [3.8, 4) is 5.75 Å². The molecular formula is C20H21ClN4O2. The van der Waals surface area contributed by atoms with Gasteiger partial charge in [-0.25, -0.2) is 10.4 Å². The van der Waals surface area contributed by atoms with E-state index in [4.69, 9.17) is 16.3 Å². The lowest BCUT2D eigenvalue weighted by Crippen LogP contribution is -2.35. The molecule has 1 amide bonds. The maximum absolute atomic E-state index is 12.0. The van der Waals surface area contributed by atoms with Crippen molar-refractivity contribution in [3.05, 3.63) is 64.7 Å². The van der Waals surface area contributed by atoms with E-state index in [0.717, 1.165) is 22.6 Å². The van der Waals surface area contributed by atoms with Gasteiger partial charge in [0.15, 0.2) is 0 Å². The number of halogens is 1. The predicted molar refractivity (Wildman–Crippen MR) is 107 cm³/mol. The number of nitrogens with one attached hydrogen (secondary N) is 2. The highest BCUT2D eigenvalue weighted by molar-refractivity contribution is 6.30. The molecule has 1 aliphatic rings. The molecule has 1 atom stereocenters. The zero-order valence-corrected chi connectivity index (χ0v) is 16.0. The van der Waals surface area contributed by atoms with Crippen molar-refractivity contribution in [2.45, 2.75) is 32.9 Å². The van der Waals surface area contributed by atoms with E-state index >= 15 is 0 Å². The first-order valence-corrected chi connectivity index (χ1v) is 8.99. The number of carbonyl (C=O) groups excluding carboxylic acids is 1. The summed E-state index contributed by atoms with van der Waals surface area (Å²) in [5.41, 5.74) is 5.66. The van der Waals surface area contributed by atoms with Gasteiger partial charge in [-0.2, -0.15) is 5.10 Å². The van der Waals surface area contributed by atoms with E-state index in [0.29, 0.717) is 24.0 Å². The Kier molecular flexibility index (Phi) is 6.08. The number of rotatable bonds is 6. The van der Waals surface area contributed by atoms with Crippen LogP contribution < -0.4 is 15.5 Å². The number of amides is 1. The Balaban J connectivity index is 1.55. The highest BCUT2D eigenvalue weighted by atomic mass is 35.5. The maximum Gasteiger partial charge on any atom is 0.251 e. The van der Waals surface area contributed by atoms with Crippen LogP contribution in [0.1, 0.15) is 25.0 Å². The smallest absolute Gasteiger partial charge is 0.251 e. The molecule has 6 nitrogen and oxygen atoms in total. The van der Waals surface area contributed by atoms with Crippen LogP contribution in [0.2, 0.25) is 5.02 Å². The van der Waals surface area contributed by atoms with Gasteiger partial charge in [0, 0.05) is 17.2 Å². The first-order chi connectivity index (χ1) is 13.0. The molecule has 0 radical (unpaired) electrons. The summed E-state index contributed by atoms with van der Waals surface area (Å²) in [5, 5.41) is 7.44. The predicted octanol–water partition coefficient (Wildman–Crippen LogP) is 3.30. The van der Waals surface area contributed by atoms with Gasteiger partial charge in [0.25, 0.3) is 5.91 Å². The quantitative estimate of drug-likeness (QED) is 0.592. The van der Waals surface area contributed by atoms with E-state index in [1.165, 1.54) is 0 Å². The summed E-state index contributed by atoms with van der Waals surface area (Å²) < 4.78 is 5.77. The van der Waals surface area contributed by atoms with Crippen molar-refractivity contribution in [2.24, 2.45) is 10.1 Å². The number of ether oxygens (including phenoxy) is 1. The number of carbonyl (C=O) groups is 1. The number of hydrazone groups is 1. The van der Waals surface area contributed by atoms with Crippen LogP contribution >= 0.6 is 11.6 Å². The van der Waals surface area contributed by atoms with Gasteiger partial charge in [0.2, 0.25) is 5.96 Å². The largest absolute Gasteiger partial charge is 0.489 e. The van der Waals surface area contributed by atoms with Gasteiger partial charge < -0.3 is 4.74 Å². The van der Waals surface area contributed by atoms with Gasteiger partial charge in [0.05, 0.1) is 0 Å². The summed E-state index contributed by atoms with van der Waals surface area (Å²) in [7, 11) is 0. The first kappa shape index (κ1) is 18.9. The Bertz CT molecular complexity index is 857. The van der Waals surface area contributed by atoms with Crippen LogP contribution in [0.25, 0.3) is 0 Å². The SMILES string of the molecule is CC(C)=NNC1=NC(Cc2ccc(OCc3ccc(Cl)cc3)cc2)C(=O)N1. The van der Waals surface area contributed by atoms with Crippen LogP contribution in [-0.2, 0) is 17.8 Å². The third-order valence-electron chi connectivity index (χ3n) is 3.89. The highest BCUT2D eigenvalue weighted by Gasteiger charge is 2.26. The standard InChI is InChI=1S/C20H21ClN4O2/c1-13(2)24-25-20-22-18(19(26)23-20)11-14-5-9-17(10-6-14)27-12-15-3-7-16(21)8-4-15/h3-10,18H,11-12H2,1-2H3,(H2,22,23,25,26). The van der Waals surface area contributed by atoms with Gasteiger partial charge in [-0.1, -0.05) is 35.9 Å². The van der Waals surface area contributed by atoms with E-state index in [9.17, 15) is 4.79 Å². The van der Waals surface area contributed by atoms with E-state index < -0.39 is 6.04 Å². The highest BCUT2D eigenvalue weighted by Crippen LogP contribution is 2.17. The molecule has 2 aromatic carbocycles. The molecule has 1 unspecified atom stereocenters. The molecule has 3 rings (SSSR count). The van der Waals surface area contributed by atoms with E-state index in [1.54, 1.807) is 0 Å². The number of benzene rings is 2. The Hall–Kier alpha value is -2.86. The van der Waals surface area contributed by atoms with Crippen LogP contribution in [-0.4, -0.2) is 23.6 Å². The molecule has 0 fully saturated rings. The molecule has 0 aliphatic carbocycles. The first-order valence-electron chi connectivity index (χ1n) is 8.61.